The van der Waals surface area contributed by atoms with Gasteiger partial charge in [0.1, 0.15) is 5.75 Å². The van der Waals surface area contributed by atoms with Crippen LogP contribution >= 0.6 is 24.0 Å². The monoisotopic (exact) mass is 482 g/mol. The van der Waals surface area contributed by atoms with Gasteiger partial charge in [-0.05, 0) is 43.1 Å². The fourth-order valence-corrected chi connectivity index (χ4v) is 3.11. The van der Waals surface area contributed by atoms with Crippen molar-refractivity contribution in [1.82, 2.24) is 15.1 Å². The van der Waals surface area contributed by atoms with Crippen LogP contribution in [0.3, 0.4) is 0 Å². The third-order valence-electron chi connectivity index (χ3n) is 4.51. The second-order valence-electron chi connectivity index (χ2n) is 6.35. The van der Waals surface area contributed by atoms with Crippen LogP contribution in [0.5, 0.6) is 5.75 Å². The predicted octanol–water partition coefficient (Wildman–Crippen LogP) is 3.26. The highest BCUT2D eigenvalue weighted by Gasteiger charge is 2.21. The van der Waals surface area contributed by atoms with Crippen molar-refractivity contribution in [2.75, 3.05) is 40.3 Å². The Morgan fingerprint density at radius 1 is 1.38 bits per heavy atom. The maximum Gasteiger partial charge on any atom is 0.387 e. The van der Waals surface area contributed by atoms with Crippen molar-refractivity contribution in [2.24, 2.45) is 10.9 Å². The van der Waals surface area contributed by atoms with Gasteiger partial charge in [-0.3, -0.25) is 4.99 Å². The van der Waals surface area contributed by atoms with Gasteiger partial charge in [-0.2, -0.15) is 8.78 Å². The Kier molecular flexibility index (Phi) is 10.1. The molecule has 2 rings (SSSR count). The van der Waals surface area contributed by atoms with E-state index in [1.54, 1.807) is 31.3 Å². The first-order valence-electron chi connectivity index (χ1n) is 8.69. The Bertz CT molecular complexity index is 557. The largest absolute Gasteiger partial charge is 0.435 e. The summed E-state index contributed by atoms with van der Waals surface area (Å²) in [6.07, 6.45) is 1.22. The summed E-state index contributed by atoms with van der Waals surface area (Å²) in [4.78, 5) is 8.82. The quantitative estimate of drug-likeness (QED) is 0.368. The molecular formula is C18H29F2IN4O. The van der Waals surface area contributed by atoms with Crippen molar-refractivity contribution >= 4 is 29.9 Å². The van der Waals surface area contributed by atoms with Gasteiger partial charge in [0, 0.05) is 33.7 Å². The van der Waals surface area contributed by atoms with Crippen LogP contribution in [0.15, 0.2) is 29.3 Å². The minimum Gasteiger partial charge on any atom is -0.435 e. The van der Waals surface area contributed by atoms with Gasteiger partial charge >= 0.3 is 6.61 Å². The van der Waals surface area contributed by atoms with Crippen LogP contribution < -0.4 is 10.1 Å². The number of nitrogens with zero attached hydrogens (tertiary/aromatic N) is 3. The molecule has 1 atom stereocenters. The van der Waals surface area contributed by atoms with Crippen molar-refractivity contribution in [1.29, 1.82) is 0 Å². The van der Waals surface area contributed by atoms with E-state index in [2.05, 4.69) is 26.9 Å². The molecule has 0 radical (unpaired) electrons. The van der Waals surface area contributed by atoms with Gasteiger partial charge in [-0.25, -0.2) is 0 Å². The average molecular weight is 482 g/mol. The van der Waals surface area contributed by atoms with Crippen LogP contribution in [-0.4, -0.2) is 62.6 Å². The summed E-state index contributed by atoms with van der Waals surface area (Å²) < 4.78 is 28.7. The summed E-state index contributed by atoms with van der Waals surface area (Å²) in [5.74, 6) is 1.66. The molecular weight excluding hydrogens is 453 g/mol. The molecule has 1 aromatic rings. The minimum absolute atomic E-state index is 0. The number of halogens is 3. The lowest BCUT2D eigenvalue weighted by Crippen LogP contribution is -2.41. The van der Waals surface area contributed by atoms with Crippen molar-refractivity contribution in [3.05, 3.63) is 29.8 Å². The molecule has 1 heterocycles. The summed E-state index contributed by atoms with van der Waals surface area (Å²) in [5.41, 5.74) is 1.00. The van der Waals surface area contributed by atoms with Gasteiger partial charge in [0.05, 0.1) is 0 Å². The van der Waals surface area contributed by atoms with Crippen LogP contribution in [0, 0.1) is 5.92 Å². The van der Waals surface area contributed by atoms with Crippen molar-refractivity contribution < 1.29 is 13.5 Å². The lowest BCUT2D eigenvalue weighted by Gasteiger charge is -2.23. The summed E-state index contributed by atoms with van der Waals surface area (Å²) in [7, 11) is 3.73. The molecule has 0 amide bonds. The number of hydrogen-bond acceptors (Lipinski definition) is 3. The second kappa shape index (κ2) is 11.5. The van der Waals surface area contributed by atoms with E-state index in [4.69, 9.17) is 0 Å². The normalized spacial score (nSPS) is 17.9. The van der Waals surface area contributed by atoms with E-state index >= 15 is 0 Å². The molecule has 1 unspecified atom stereocenters. The molecule has 0 spiro atoms. The zero-order valence-electron chi connectivity index (χ0n) is 15.6. The van der Waals surface area contributed by atoms with Crippen LogP contribution in [0.4, 0.5) is 8.78 Å². The topological polar surface area (TPSA) is 40.1 Å². The molecule has 0 aromatic heterocycles. The van der Waals surface area contributed by atoms with Crippen LogP contribution in [0.2, 0.25) is 0 Å². The third kappa shape index (κ3) is 7.22. The number of rotatable bonds is 7. The molecule has 0 saturated carbocycles. The molecule has 1 aliphatic rings. The molecule has 0 aliphatic carbocycles. The van der Waals surface area contributed by atoms with Gasteiger partial charge < -0.3 is 19.9 Å². The van der Waals surface area contributed by atoms with Gasteiger partial charge in [-0.1, -0.05) is 19.1 Å². The fraction of sp³-hybridized carbons (Fsp3) is 0.611. The van der Waals surface area contributed by atoms with Gasteiger partial charge in [0.25, 0.3) is 0 Å². The molecule has 1 saturated heterocycles. The number of alkyl halides is 2. The molecule has 8 heteroatoms. The summed E-state index contributed by atoms with van der Waals surface area (Å²) in [6, 6.07) is 6.70. The lowest BCUT2D eigenvalue weighted by molar-refractivity contribution is -0.0498. The van der Waals surface area contributed by atoms with Crippen LogP contribution in [0.25, 0.3) is 0 Å². The van der Waals surface area contributed by atoms with E-state index < -0.39 is 6.61 Å². The molecule has 26 heavy (non-hydrogen) atoms. The summed E-state index contributed by atoms with van der Waals surface area (Å²) in [5, 5.41) is 3.44. The second-order valence-corrected chi connectivity index (χ2v) is 6.35. The number of guanidine groups is 1. The first-order chi connectivity index (χ1) is 12.0. The number of benzene rings is 1. The van der Waals surface area contributed by atoms with E-state index in [1.165, 1.54) is 13.0 Å². The molecule has 0 bridgehead atoms. The lowest BCUT2D eigenvalue weighted by atomic mass is 10.1. The molecule has 1 fully saturated rings. The highest BCUT2D eigenvalue weighted by Crippen LogP contribution is 2.16. The highest BCUT2D eigenvalue weighted by molar-refractivity contribution is 14.0. The minimum atomic E-state index is -2.80. The Morgan fingerprint density at radius 3 is 2.62 bits per heavy atom. The van der Waals surface area contributed by atoms with Gasteiger partial charge in [0.15, 0.2) is 5.96 Å². The van der Waals surface area contributed by atoms with Crippen LogP contribution in [-0.2, 0) is 6.54 Å². The smallest absolute Gasteiger partial charge is 0.387 e. The SMILES string of the molecule is CCN1CCC(CNC(=NC)N(C)Cc2ccc(OC(F)F)cc2)C1.I. The zero-order valence-corrected chi connectivity index (χ0v) is 18.0. The van der Waals surface area contributed by atoms with E-state index in [0.29, 0.717) is 12.5 Å². The molecule has 1 N–H and O–H groups in total. The Balaban J connectivity index is 0.00000338. The third-order valence-corrected chi connectivity index (χ3v) is 4.51. The fourth-order valence-electron chi connectivity index (χ4n) is 3.11. The van der Waals surface area contributed by atoms with Gasteiger partial charge in [-0.15, -0.1) is 24.0 Å². The van der Waals surface area contributed by atoms with Crippen molar-refractivity contribution in [3.8, 4) is 5.75 Å². The van der Waals surface area contributed by atoms with E-state index in [0.717, 1.165) is 31.2 Å². The number of nitrogens with one attached hydrogen (secondary N) is 1. The Hall–Kier alpha value is -1.16. The number of ether oxygens (including phenoxy) is 1. The maximum absolute atomic E-state index is 12.2. The molecule has 5 nitrogen and oxygen atoms in total. The van der Waals surface area contributed by atoms with Gasteiger partial charge in [0.2, 0.25) is 0 Å². The number of aliphatic imine (C=N–C) groups is 1. The van der Waals surface area contributed by atoms with E-state index in [9.17, 15) is 8.78 Å². The maximum atomic E-state index is 12.2. The first kappa shape index (κ1) is 22.9. The number of likely N-dealkylation sites (tertiary alicyclic amines) is 1. The summed E-state index contributed by atoms with van der Waals surface area (Å²) >= 11 is 0. The standard InChI is InChI=1S/C18H28F2N4O.HI/c1-4-24-10-9-15(13-24)11-22-18(21-2)23(3)12-14-5-7-16(8-6-14)25-17(19)20;/h5-8,15,17H,4,9-13H2,1-3H3,(H,21,22);1H. The predicted molar refractivity (Wildman–Crippen MR) is 112 cm³/mol. The number of hydrogen-bond donors (Lipinski definition) is 1. The molecule has 148 valence electrons. The Labute approximate surface area is 171 Å². The first-order valence-corrected chi connectivity index (χ1v) is 8.69. The van der Waals surface area contributed by atoms with E-state index in [-0.39, 0.29) is 29.7 Å². The van der Waals surface area contributed by atoms with Crippen LogP contribution in [0.1, 0.15) is 18.9 Å². The van der Waals surface area contributed by atoms with Crippen molar-refractivity contribution in [2.45, 2.75) is 26.5 Å². The zero-order chi connectivity index (χ0) is 18.2. The van der Waals surface area contributed by atoms with Crippen molar-refractivity contribution in [3.63, 3.8) is 0 Å². The highest BCUT2D eigenvalue weighted by atomic mass is 127. The molecule has 1 aromatic carbocycles. The summed E-state index contributed by atoms with van der Waals surface area (Å²) in [6.45, 7) is 4.36. The Morgan fingerprint density at radius 2 is 2.08 bits per heavy atom. The average Bonchev–Trinajstić information content (AvgIpc) is 3.05. The van der Waals surface area contributed by atoms with E-state index in [1.807, 2.05) is 11.9 Å². The molecule has 1 aliphatic heterocycles.